The average Bonchev–Trinajstić information content (AvgIpc) is 3.00. The number of carboxylic acid groups (broad SMARTS) is 1. The van der Waals surface area contributed by atoms with Gasteiger partial charge in [0.2, 0.25) is 5.76 Å². The molecule has 1 aliphatic rings. The van der Waals surface area contributed by atoms with Crippen LogP contribution < -0.4 is 5.32 Å². The van der Waals surface area contributed by atoms with Gasteiger partial charge < -0.3 is 14.8 Å². The van der Waals surface area contributed by atoms with Crippen molar-refractivity contribution in [3.8, 4) is 0 Å². The van der Waals surface area contributed by atoms with Gasteiger partial charge in [-0.3, -0.25) is 4.90 Å². The van der Waals surface area contributed by atoms with Crippen molar-refractivity contribution in [2.24, 2.45) is 0 Å². The van der Waals surface area contributed by atoms with E-state index < -0.39 is 5.97 Å². The van der Waals surface area contributed by atoms with Crippen LogP contribution in [0.25, 0.3) is 0 Å². The highest BCUT2D eigenvalue weighted by molar-refractivity contribution is 5.84. The van der Waals surface area contributed by atoms with Crippen LogP contribution in [0, 0.1) is 0 Å². The zero-order valence-electron chi connectivity index (χ0n) is 10.7. The molecule has 5 nitrogen and oxygen atoms in total. The molecule has 0 saturated carbocycles. The number of nitrogens with zero attached hydrogens (tertiary/aromatic N) is 1. The van der Waals surface area contributed by atoms with Gasteiger partial charge in [-0.2, -0.15) is 0 Å². The molecule has 5 heteroatoms. The minimum absolute atomic E-state index is 0.000564. The van der Waals surface area contributed by atoms with Crippen LogP contribution in [0.2, 0.25) is 0 Å². The lowest BCUT2D eigenvalue weighted by Crippen LogP contribution is -2.38. The maximum Gasteiger partial charge on any atom is 0.371 e. The van der Waals surface area contributed by atoms with Gasteiger partial charge in [0, 0.05) is 12.6 Å². The van der Waals surface area contributed by atoms with E-state index >= 15 is 0 Å². The minimum Gasteiger partial charge on any atom is -0.475 e. The maximum absolute atomic E-state index is 10.6. The zero-order valence-corrected chi connectivity index (χ0v) is 10.7. The Labute approximate surface area is 107 Å². The first-order chi connectivity index (χ1) is 8.66. The van der Waals surface area contributed by atoms with E-state index in [1.54, 1.807) is 6.07 Å². The van der Waals surface area contributed by atoms with Crippen molar-refractivity contribution in [1.82, 2.24) is 10.2 Å². The third-order valence-corrected chi connectivity index (χ3v) is 3.38. The molecular formula is C13H20N2O3. The van der Waals surface area contributed by atoms with Crippen LogP contribution in [-0.2, 0) is 6.54 Å². The second-order valence-electron chi connectivity index (χ2n) is 4.79. The molecule has 0 amide bonds. The van der Waals surface area contributed by atoms with Gasteiger partial charge in [-0.25, -0.2) is 4.79 Å². The Hall–Kier alpha value is -1.33. The van der Waals surface area contributed by atoms with Crippen LogP contribution in [0.15, 0.2) is 16.5 Å². The summed E-state index contributed by atoms with van der Waals surface area (Å²) in [6, 6.07) is 3.71. The first kappa shape index (κ1) is 13.1. The Morgan fingerprint density at radius 1 is 1.50 bits per heavy atom. The second-order valence-corrected chi connectivity index (χ2v) is 4.79. The largest absolute Gasteiger partial charge is 0.475 e. The third kappa shape index (κ3) is 3.34. The van der Waals surface area contributed by atoms with Crippen LogP contribution in [0.5, 0.6) is 0 Å². The van der Waals surface area contributed by atoms with Crippen molar-refractivity contribution in [2.75, 3.05) is 19.6 Å². The highest BCUT2D eigenvalue weighted by Gasteiger charge is 2.17. The number of hydrogen-bond donors (Lipinski definition) is 2. The van der Waals surface area contributed by atoms with Gasteiger partial charge in [0.15, 0.2) is 0 Å². The molecule has 0 radical (unpaired) electrons. The number of aromatic carboxylic acids is 1. The normalized spacial score (nSPS) is 18.1. The van der Waals surface area contributed by atoms with Gasteiger partial charge in [-0.15, -0.1) is 0 Å². The summed E-state index contributed by atoms with van der Waals surface area (Å²) in [6.45, 7) is 6.05. The van der Waals surface area contributed by atoms with E-state index in [1.165, 1.54) is 32.0 Å². The van der Waals surface area contributed by atoms with E-state index in [1.807, 2.05) is 0 Å². The molecule has 0 aromatic carbocycles. The van der Waals surface area contributed by atoms with Gasteiger partial charge in [0.1, 0.15) is 5.76 Å². The molecule has 2 rings (SSSR count). The van der Waals surface area contributed by atoms with E-state index in [0.29, 0.717) is 18.3 Å². The SMILES string of the molecule is CC(CNCc1ccc(C(=O)O)o1)N1CCCC1. The summed E-state index contributed by atoms with van der Waals surface area (Å²) >= 11 is 0. The van der Waals surface area contributed by atoms with Crippen LogP contribution in [0.3, 0.4) is 0 Å². The van der Waals surface area contributed by atoms with Crippen molar-refractivity contribution in [2.45, 2.75) is 32.4 Å². The number of hydrogen-bond acceptors (Lipinski definition) is 4. The summed E-state index contributed by atoms with van der Waals surface area (Å²) in [7, 11) is 0. The molecular weight excluding hydrogens is 232 g/mol. The molecule has 1 aromatic heterocycles. The van der Waals surface area contributed by atoms with Crippen LogP contribution in [-0.4, -0.2) is 41.7 Å². The van der Waals surface area contributed by atoms with Crippen molar-refractivity contribution in [1.29, 1.82) is 0 Å². The van der Waals surface area contributed by atoms with Crippen molar-refractivity contribution in [3.63, 3.8) is 0 Å². The van der Waals surface area contributed by atoms with Gasteiger partial charge in [-0.1, -0.05) is 0 Å². The molecule has 0 aliphatic carbocycles. The molecule has 1 aliphatic heterocycles. The molecule has 2 N–H and O–H groups in total. The summed E-state index contributed by atoms with van der Waals surface area (Å²) in [5, 5.41) is 12.0. The van der Waals surface area contributed by atoms with Crippen LogP contribution >= 0.6 is 0 Å². The number of carbonyl (C=O) groups is 1. The highest BCUT2D eigenvalue weighted by atomic mass is 16.4. The molecule has 1 unspecified atom stereocenters. The Kier molecular flexibility index (Phi) is 4.38. The van der Waals surface area contributed by atoms with Gasteiger partial charge in [0.05, 0.1) is 6.54 Å². The first-order valence-corrected chi connectivity index (χ1v) is 6.43. The Morgan fingerprint density at radius 3 is 2.83 bits per heavy atom. The zero-order chi connectivity index (χ0) is 13.0. The number of rotatable bonds is 6. The van der Waals surface area contributed by atoms with Gasteiger partial charge in [0.25, 0.3) is 0 Å². The molecule has 0 spiro atoms. The number of carboxylic acids is 1. The van der Waals surface area contributed by atoms with Gasteiger partial charge >= 0.3 is 5.97 Å². The summed E-state index contributed by atoms with van der Waals surface area (Å²) in [4.78, 5) is 13.1. The summed E-state index contributed by atoms with van der Waals surface area (Å²) in [5.41, 5.74) is 0. The lowest BCUT2D eigenvalue weighted by atomic mass is 10.3. The maximum atomic E-state index is 10.6. The first-order valence-electron chi connectivity index (χ1n) is 6.43. The van der Waals surface area contributed by atoms with Crippen molar-refractivity contribution < 1.29 is 14.3 Å². The smallest absolute Gasteiger partial charge is 0.371 e. The van der Waals surface area contributed by atoms with E-state index in [-0.39, 0.29) is 5.76 Å². The van der Waals surface area contributed by atoms with Crippen LogP contribution in [0.4, 0.5) is 0 Å². The predicted molar refractivity (Wildman–Crippen MR) is 67.6 cm³/mol. The van der Waals surface area contributed by atoms with E-state index in [2.05, 4.69) is 17.1 Å². The molecule has 1 aromatic rings. The standard InChI is InChI=1S/C13H20N2O3/c1-10(15-6-2-3-7-15)8-14-9-11-4-5-12(18-11)13(16)17/h4-5,10,14H,2-3,6-9H2,1H3,(H,16,17). The lowest BCUT2D eigenvalue weighted by Gasteiger charge is -2.23. The average molecular weight is 252 g/mol. The fraction of sp³-hybridized carbons (Fsp3) is 0.615. The lowest BCUT2D eigenvalue weighted by molar-refractivity contribution is 0.0660. The predicted octanol–water partition coefficient (Wildman–Crippen LogP) is 1.55. The summed E-state index contributed by atoms with van der Waals surface area (Å²) in [6.07, 6.45) is 2.59. The topological polar surface area (TPSA) is 65.7 Å². The van der Waals surface area contributed by atoms with Crippen molar-refractivity contribution >= 4 is 5.97 Å². The second kappa shape index (κ2) is 6.02. The van der Waals surface area contributed by atoms with E-state index in [4.69, 9.17) is 9.52 Å². The molecule has 2 heterocycles. The molecule has 1 atom stereocenters. The molecule has 1 fully saturated rings. The Morgan fingerprint density at radius 2 is 2.22 bits per heavy atom. The fourth-order valence-corrected chi connectivity index (χ4v) is 2.30. The summed E-state index contributed by atoms with van der Waals surface area (Å²) in [5.74, 6) is -0.355. The monoisotopic (exact) mass is 252 g/mol. The molecule has 1 saturated heterocycles. The minimum atomic E-state index is -1.02. The Bertz CT molecular complexity index is 397. The third-order valence-electron chi connectivity index (χ3n) is 3.38. The summed E-state index contributed by atoms with van der Waals surface area (Å²) < 4.78 is 5.18. The Balaban J connectivity index is 1.72. The highest BCUT2D eigenvalue weighted by Crippen LogP contribution is 2.11. The number of likely N-dealkylation sites (tertiary alicyclic amines) is 1. The van der Waals surface area contributed by atoms with Crippen molar-refractivity contribution in [3.05, 3.63) is 23.7 Å². The number of furan rings is 1. The van der Waals surface area contributed by atoms with Crippen LogP contribution in [0.1, 0.15) is 36.1 Å². The number of nitrogens with one attached hydrogen (secondary N) is 1. The van der Waals surface area contributed by atoms with Gasteiger partial charge in [-0.05, 0) is 45.0 Å². The van der Waals surface area contributed by atoms with E-state index in [0.717, 1.165) is 6.54 Å². The fourth-order valence-electron chi connectivity index (χ4n) is 2.30. The van der Waals surface area contributed by atoms with E-state index in [9.17, 15) is 4.79 Å². The quantitative estimate of drug-likeness (QED) is 0.804. The molecule has 100 valence electrons. The molecule has 18 heavy (non-hydrogen) atoms. The molecule has 0 bridgehead atoms.